The maximum Gasteiger partial charge on any atom is 0.323 e. The van der Waals surface area contributed by atoms with E-state index in [4.69, 9.17) is 5.11 Å². The average Bonchev–Trinajstić information content (AvgIpc) is 3.20. The van der Waals surface area contributed by atoms with Crippen LogP contribution in [0.1, 0.15) is 12.8 Å². The molecular formula is C12H11F3N2O3. The molecule has 1 aliphatic carbocycles. The highest BCUT2D eigenvalue weighted by atomic mass is 19.2. The van der Waals surface area contributed by atoms with E-state index < -0.39 is 41.7 Å². The minimum Gasteiger partial charge on any atom is -0.480 e. The van der Waals surface area contributed by atoms with Gasteiger partial charge in [-0.25, -0.2) is 18.0 Å². The van der Waals surface area contributed by atoms with Crippen LogP contribution in [-0.2, 0) is 4.79 Å². The maximum absolute atomic E-state index is 13.4. The van der Waals surface area contributed by atoms with Crippen LogP contribution in [0, 0.1) is 17.5 Å². The number of aliphatic carboxylic acids is 1. The molecule has 2 amide bonds. The van der Waals surface area contributed by atoms with Crippen molar-refractivity contribution >= 4 is 17.7 Å². The van der Waals surface area contributed by atoms with Gasteiger partial charge in [-0.05, 0) is 25.0 Å². The minimum atomic E-state index is -1.70. The van der Waals surface area contributed by atoms with Crippen LogP contribution in [0.25, 0.3) is 0 Å². The van der Waals surface area contributed by atoms with Gasteiger partial charge in [0, 0.05) is 6.04 Å². The number of rotatable bonds is 4. The zero-order valence-corrected chi connectivity index (χ0v) is 10.2. The van der Waals surface area contributed by atoms with Crippen molar-refractivity contribution in [2.45, 2.75) is 18.9 Å². The number of anilines is 1. The summed E-state index contributed by atoms with van der Waals surface area (Å²) in [5, 5.41) is 10.8. The van der Waals surface area contributed by atoms with Gasteiger partial charge in [-0.1, -0.05) is 0 Å². The van der Waals surface area contributed by atoms with Crippen molar-refractivity contribution in [3.05, 3.63) is 29.6 Å². The van der Waals surface area contributed by atoms with E-state index >= 15 is 0 Å². The Kier molecular flexibility index (Phi) is 3.82. The number of benzene rings is 1. The molecule has 0 heterocycles. The van der Waals surface area contributed by atoms with E-state index in [0.717, 1.165) is 11.0 Å². The fourth-order valence-electron chi connectivity index (χ4n) is 1.71. The molecule has 1 aliphatic rings. The van der Waals surface area contributed by atoms with E-state index in [-0.39, 0.29) is 6.04 Å². The highest BCUT2D eigenvalue weighted by molar-refractivity contribution is 5.91. The van der Waals surface area contributed by atoms with Gasteiger partial charge in [0.2, 0.25) is 0 Å². The van der Waals surface area contributed by atoms with Crippen LogP contribution in [0.15, 0.2) is 12.1 Å². The quantitative estimate of drug-likeness (QED) is 0.834. The zero-order chi connectivity index (χ0) is 14.9. The Labute approximate surface area is 112 Å². The first-order valence-corrected chi connectivity index (χ1v) is 5.83. The molecule has 0 atom stereocenters. The van der Waals surface area contributed by atoms with E-state index in [1.165, 1.54) is 0 Å². The Morgan fingerprint density at radius 2 is 1.90 bits per heavy atom. The standard InChI is InChI=1S/C12H11F3N2O3/c13-7-3-4-8(11(15)10(7)14)16-12(20)17(5-9(18)19)6-1-2-6/h3-4,6H,1-2,5H2,(H,16,20)(H,18,19). The smallest absolute Gasteiger partial charge is 0.323 e. The van der Waals surface area contributed by atoms with Crippen molar-refractivity contribution in [2.24, 2.45) is 0 Å². The summed E-state index contributed by atoms with van der Waals surface area (Å²) in [6.07, 6.45) is 1.31. The molecule has 0 aromatic heterocycles. The van der Waals surface area contributed by atoms with Crippen molar-refractivity contribution in [3.63, 3.8) is 0 Å². The second-order valence-electron chi connectivity index (χ2n) is 4.41. The zero-order valence-electron chi connectivity index (χ0n) is 10.2. The number of nitrogens with one attached hydrogen (secondary N) is 1. The molecule has 0 radical (unpaired) electrons. The van der Waals surface area contributed by atoms with Crippen LogP contribution in [0.3, 0.4) is 0 Å². The molecule has 0 spiro atoms. The third-order valence-corrected chi connectivity index (χ3v) is 2.83. The van der Waals surface area contributed by atoms with Crippen LogP contribution < -0.4 is 5.32 Å². The summed E-state index contributed by atoms with van der Waals surface area (Å²) < 4.78 is 39.2. The molecule has 5 nitrogen and oxygen atoms in total. The molecule has 0 saturated heterocycles. The van der Waals surface area contributed by atoms with Gasteiger partial charge in [0.15, 0.2) is 17.5 Å². The van der Waals surface area contributed by atoms with Crippen LogP contribution >= 0.6 is 0 Å². The van der Waals surface area contributed by atoms with Crippen LogP contribution in [-0.4, -0.2) is 34.6 Å². The van der Waals surface area contributed by atoms with Crippen LogP contribution in [0.5, 0.6) is 0 Å². The monoisotopic (exact) mass is 288 g/mol. The van der Waals surface area contributed by atoms with Crippen molar-refractivity contribution in [1.82, 2.24) is 4.90 Å². The summed E-state index contributed by atoms with van der Waals surface area (Å²) in [5.41, 5.74) is -0.537. The Morgan fingerprint density at radius 3 is 2.45 bits per heavy atom. The van der Waals surface area contributed by atoms with Gasteiger partial charge < -0.3 is 15.3 Å². The third-order valence-electron chi connectivity index (χ3n) is 2.83. The summed E-state index contributed by atoms with van der Waals surface area (Å²) in [6.45, 7) is -0.540. The first-order chi connectivity index (χ1) is 9.40. The largest absolute Gasteiger partial charge is 0.480 e. The first kappa shape index (κ1) is 14.2. The SMILES string of the molecule is O=C(O)CN(C(=O)Nc1ccc(F)c(F)c1F)C1CC1. The van der Waals surface area contributed by atoms with E-state index in [0.29, 0.717) is 18.9 Å². The molecule has 1 aromatic carbocycles. The molecule has 0 bridgehead atoms. The number of halogens is 3. The number of carboxylic acids is 1. The second-order valence-corrected chi connectivity index (χ2v) is 4.41. The van der Waals surface area contributed by atoms with E-state index in [9.17, 15) is 22.8 Å². The lowest BCUT2D eigenvalue weighted by molar-refractivity contribution is -0.137. The first-order valence-electron chi connectivity index (χ1n) is 5.83. The van der Waals surface area contributed by atoms with E-state index in [1.807, 2.05) is 5.32 Å². The number of carboxylic acid groups (broad SMARTS) is 1. The molecule has 8 heteroatoms. The Morgan fingerprint density at radius 1 is 1.25 bits per heavy atom. The molecule has 2 N–H and O–H groups in total. The van der Waals surface area contributed by atoms with Crippen molar-refractivity contribution in [1.29, 1.82) is 0 Å². The van der Waals surface area contributed by atoms with Gasteiger partial charge in [0.25, 0.3) is 0 Å². The number of hydrogen-bond acceptors (Lipinski definition) is 2. The fraction of sp³-hybridized carbons (Fsp3) is 0.333. The molecule has 20 heavy (non-hydrogen) atoms. The van der Waals surface area contributed by atoms with Crippen molar-refractivity contribution in [2.75, 3.05) is 11.9 Å². The van der Waals surface area contributed by atoms with Gasteiger partial charge in [-0.15, -0.1) is 0 Å². The summed E-state index contributed by atoms with van der Waals surface area (Å²) in [6, 6.07) is 0.462. The minimum absolute atomic E-state index is 0.223. The predicted octanol–water partition coefficient (Wildman–Crippen LogP) is 2.18. The van der Waals surface area contributed by atoms with Gasteiger partial charge in [0.05, 0.1) is 5.69 Å². The highest BCUT2D eigenvalue weighted by Crippen LogP contribution is 2.28. The number of nitrogens with zero attached hydrogens (tertiary/aromatic N) is 1. The second kappa shape index (κ2) is 5.40. The highest BCUT2D eigenvalue weighted by Gasteiger charge is 2.34. The van der Waals surface area contributed by atoms with Crippen molar-refractivity contribution < 1.29 is 27.9 Å². The Bertz CT molecular complexity index is 561. The average molecular weight is 288 g/mol. The third kappa shape index (κ3) is 3.01. The number of carbonyl (C=O) groups excluding carboxylic acids is 1. The molecule has 1 fully saturated rings. The molecule has 1 aromatic rings. The Balaban J connectivity index is 2.14. The molecule has 2 rings (SSSR count). The van der Waals surface area contributed by atoms with Crippen molar-refractivity contribution in [3.8, 4) is 0 Å². The van der Waals surface area contributed by atoms with Gasteiger partial charge >= 0.3 is 12.0 Å². The van der Waals surface area contributed by atoms with Gasteiger partial charge in [0.1, 0.15) is 6.54 Å². The summed E-state index contributed by atoms with van der Waals surface area (Å²) in [4.78, 5) is 23.5. The normalized spacial score (nSPS) is 13.9. The lowest BCUT2D eigenvalue weighted by Crippen LogP contribution is -2.40. The fourth-order valence-corrected chi connectivity index (χ4v) is 1.71. The number of amides is 2. The molecule has 108 valence electrons. The van der Waals surface area contributed by atoms with E-state index in [1.54, 1.807) is 0 Å². The number of carbonyl (C=O) groups is 2. The van der Waals surface area contributed by atoms with Crippen LogP contribution in [0.2, 0.25) is 0 Å². The predicted molar refractivity (Wildman–Crippen MR) is 62.7 cm³/mol. The Hall–Kier alpha value is -2.25. The lowest BCUT2D eigenvalue weighted by atomic mass is 10.3. The van der Waals surface area contributed by atoms with Gasteiger partial charge in [-0.3, -0.25) is 4.79 Å². The summed E-state index contributed by atoms with van der Waals surface area (Å²) in [7, 11) is 0. The maximum atomic E-state index is 13.4. The van der Waals surface area contributed by atoms with E-state index in [2.05, 4.69) is 0 Å². The molecule has 0 unspecified atom stereocenters. The summed E-state index contributed by atoms with van der Waals surface area (Å²) in [5.74, 6) is -5.80. The summed E-state index contributed by atoms with van der Waals surface area (Å²) >= 11 is 0. The molecule has 1 saturated carbocycles. The molecule has 0 aliphatic heterocycles. The lowest BCUT2D eigenvalue weighted by Gasteiger charge is -2.20. The van der Waals surface area contributed by atoms with Crippen LogP contribution in [0.4, 0.5) is 23.7 Å². The topological polar surface area (TPSA) is 69.6 Å². The van der Waals surface area contributed by atoms with Gasteiger partial charge in [-0.2, -0.15) is 0 Å². The number of urea groups is 1. The number of hydrogen-bond donors (Lipinski definition) is 2. The molecular weight excluding hydrogens is 277 g/mol.